The van der Waals surface area contributed by atoms with Crippen molar-refractivity contribution in [3.8, 4) is 11.3 Å². The van der Waals surface area contributed by atoms with Crippen LogP contribution in [0, 0.1) is 5.82 Å². The van der Waals surface area contributed by atoms with Crippen molar-refractivity contribution in [1.29, 1.82) is 0 Å². The number of benzene rings is 2. The molecule has 2 aromatic carbocycles. The number of amides is 2. The summed E-state index contributed by atoms with van der Waals surface area (Å²) in [6.07, 6.45) is 1.96. The molecule has 1 aliphatic heterocycles. The maximum atomic E-state index is 13.8. The van der Waals surface area contributed by atoms with Crippen molar-refractivity contribution in [3.05, 3.63) is 84.3 Å². The van der Waals surface area contributed by atoms with Crippen LogP contribution in [0.2, 0.25) is 0 Å². The van der Waals surface area contributed by atoms with E-state index in [0.717, 1.165) is 5.69 Å². The molecule has 4 aromatic rings. The maximum Gasteiger partial charge on any atom is 0.256 e. The van der Waals surface area contributed by atoms with Gasteiger partial charge in [-0.05, 0) is 36.4 Å². The molecule has 2 aromatic heterocycles. The molecule has 0 atom stereocenters. The Morgan fingerprint density at radius 1 is 1.06 bits per heavy atom. The fourth-order valence-electron chi connectivity index (χ4n) is 4.08. The van der Waals surface area contributed by atoms with Gasteiger partial charge in [-0.1, -0.05) is 37.3 Å². The van der Waals surface area contributed by atoms with Crippen molar-refractivity contribution in [2.45, 2.75) is 19.4 Å². The highest BCUT2D eigenvalue weighted by Crippen LogP contribution is 2.30. The lowest BCUT2D eigenvalue weighted by molar-refractivity contribution is -0.122. The first-order valence-corrected chi connectivity index (χ1v) is 11.5. The summed E-state index contributed by atoms with van der Waals surface area (Å²) in [5.74, 6) is -0.0509. The summed E-state index contributed by atoms with van der Waals surface area (Å²) in [5.41, 5.74) is 2.97. The molecule has 0 aliphatic carbocycles. The summed E-state index contributed by atoms with van der Waals surface area (Å²) < 4.78 is 13.8. The lowest BCUT2D eigenvalue weighted by atomic mass is 10.0. The maximum absolute atomic E-state index is 13.8. The Morgan fingerprint density at radius 2 is 1.86 bits per heavy atom. The SMILES string of the molecule is CCC(=O)NC1CN(C(=O)c2cnc(Nc3ccccc3)c3nc(-c4cccc(F)c4)ccc23)C1. The number of nitrogens with zero attached hydrogens (tertiary/aromatic N) is 3. The van der Waals surface area contributed by atoms with Gasteiger partial charge in [-0.2, -0.15) is 0 Å². The number of hydrogen-bond donors (Lipinski definition) is 2. The predicted octanol–water partition coefficient (Wildman–Crippen LogP) is 4.53. The topological polar surface area (TPSA) is 87.2 Å². The number of anilines is 2. The minimum absolute atomic E-state index is 0.0281. The molecule has 2 N–H and O–H groups in total. The van der Waals surface area contributed by atoms with E-state index in [1.165, 1.54) is 12.1 Å². The number of aromatic nitrogens is 2. The van der Waals surface area contributed by atoms with Crippen LogP contribution in [-0.4, -0.2) is 45.8 Å². The van der Waals surface area contributed by atoms with Crippen molar-refractivity contribution < 1.29 is 14.0 Å². The minimum Gasteiger partial charge on any atom is -0.350 e. The Balaban J connectivity index is 1.51. The second-order valence-electron chi connectivity index (χ2n) is 8.44. The van der Waals surface area contributed by atoms with Crippen LogP contribution in [0.25, 0.3) is 22.2 Å². The summed E-state index contributed by atoms with van der Waals surface area (Å²) in [6.45, 7) is 2.70. The van der Waals surface area contributed by atoms with E-state index in [0.29, 0.717) is 53.1 Å². The van der Waals surface area contributed by atoms with Gasteiger partial charge in [-0.3, -0.25) is 9.59 Å². The number of pyridine rings is 2. The predicted molar refractivity (Wildman–Crippen MR) is 133 cm³/mol. The molecule has 1 saturated heterocycles. The smallest absolute Gasteiger partial charge is 0.256 e. The molecular formula is C27H24FN5O2. The summed E-state index contributed by atoms with van der Waals surface area (Å²) in [5, 5.41) is 6.82. The second kappa shape index (κ2) is 9.50. The molecule has 1 fully saturated rings. The second-order valence-corrected chi connectivity index (χ2v) is 8.44. The average molecular weight is 470 g/mol. The van der Waals surface area contributed by atoms with Crippen LogP contribution in [0.5, 0.6) is 0 Å². The molecule has 8 heteroatoms. The summed E-state index contributed by atoms with van der Waals surface area (Å²) >= 11 is 0. The minimum atomic E-state index is -0.350. The molecule has 3 heterocycles. The molecule has 35 heavy (non-hydrogen) atoms. The highest BCUT2D eigenvalue weighted by molar-refractivity contribution is 6.09. The number of rotatable bonds is 6. The monoisotopic (exact) mass is 469 g/mol. The molecule has 7 nitrogen and oxygen atoms in total. The zero-order valence-corrected chi connectivity index (χ0v) is 19.2. The van der Waals surface area contributed by atoms with Crippen LogP contribution in [0.4, 0.5) is 15.9 Å². The van der Waals surface area contributed by atoms with Gasteiger partial charge in [0.2, 0.25) is 5.91 Å². The van der Waals surface area contributed by atoms with Gasteiger partial charge in [0, 0.05) is 42.3 Å². The first kappa shape index (κ1) is 22.5. The molecule has 0 spiro atoms. The number of nitrogens with one attached hydrogen (secondary N) is 2. The van der Waals surface area contributed by atoms with Crippen LogP contribution >= 0.6 is 0 Å². The van der Waals surface area contributed by atoms with Crippen LogP contribution in [0.1, 0.15) is 23.7 Å². The fraction of sp³-hybridized carbons (Fsp3) is 0.185. The first-order chi connectivity index (χ1) is 17.0. The van der Waals surface area contributed by atoms with E-state index in [9.17, 15) is 14.0 Å². The van der Waals surface area contributed by atoms with Crippen LogP contribution in [-0.2, 0) is 4.79 Å². The molecule has 0 unspecified atom stereocenters. The van der Waals surface area contributed by atoms with Gasteiger partial charge in [0.1, 0.15) is 11.3 Å². The highest BCUT2D eigenvalue weighted by Gasteiger charge is 2.33. The normalized spacial score (nSPS) is 13.4. The summed E-state index contributed by atoms with van der Waals surface area (Å²) in [6, 6.07) is 19.3. The van der Waals surface area contributed by atoms with Gasteiger partial charge < -0.3 is 15.5 Å². The van der Waals surface area contributed by atoms with Crippen molar-refractivity contribution in [2.24, 2.45) is 0 Å². The van der Waals surface area contributed by atoms with Crippen LogP contribution in [0.15, 0.2) is 72.9 Å². The Kier molecular flexibility index (Phi) is 6.10. The molecule has 176 valence electrons. The van der Waals surface area contributed by atoms with Gasteiger partial charge in [-0.25, -0.2) is 14.4 Å². The summed E-state index contributed by atoms with van der Waals surface area (Å²) in [7, 11) is 0. The Morgan fingerprint density at radius 3 is 2.60 bits per heavy atom. The lowest BCUT2D eigenvalue weighted by Gasteiger charge is -2.39. The van der Waals surface area contributed by atoms with Crippen molar-refractivity contribution in [1.82, 2.24) is 20.2 Å². The average Bonchev–Trinajstić information content (AvgIpc) is 2.86. The highest BCUT2D eigenvalue weighted by atomic mass is 19.1. The third-order valence-electron chi connectivity index (χ3n) is 5.97. The van der Waals surface area contributed by atoms with Gasteiger partial charge in [0.15, 0.2) is 5.82 Å². The molecule has 0 bridgehead atoms. The van der Waals surface area contributed by atoms with Gasteiger partial charge in [-0.15, -0.1) is 0 Å². The van der Waals surface area contributed by atoms with E-state index >= 15 is 0 Å². The van der Waals surface area contributed by atoms with Gasteiger partial charge in [0.25, 0.3) is 5.91 Å². The largest absolute Gasteiger partial charge is 0.350 e. The quantitative estimate of drug-likeness (QED) is 0.433. The van der Waals surface area contributed by atoms with Crippen molar-refractivity contribution >= 4 is 34.2 Å². The molecule has 0 radical (unpaired) electrons. The van der Waals surface area contributed by atoms with E-state index in [4.69, 9.17) is 4.98 Å². The standard InChI is InChI=1S/C27H24FN5O2/c1-2-24(34)30-20-15-33(16-20)27(35)22-14-29-26(31-19-9-4-3-5-10-19)25-21(22)11-12-23(32-25)17-7-6-8-18(28)13-17/h3-14,20H,2,15-16H2,1H3,(H,29,31)(H,30,34). The van der Waals surface area contributed by atoms with E-state index < -0.39 is 0 Å². The van der Waals surface area contributed by atoms with E-state index in [2.05, 4.69) is 15.6 Å². The van der Waals surface area contributed by atoms with Gasteiger partial charge in [0.05, 0.1) is 17.3 Å². The van der Waals surface area contributed by atoms with E-state index in [1.54, 1.807) is 36.2 Å². The number of likely N-dealkylation sites (tertiary alicyclic amines) is 1. The first-order valence-electron chi connectivity index (χ1n) is 11.5. The number of halogens is 1. The molecular weight excluding hydrogens is 445 g/mol. The Hall–Kier alpha value is -4.33. The zero-order chi connectivity index (χ0) is 24.4. The van der Waals surface area contributed by atoms with E-state index in [-0.39, 0.29) is 23.7 Å². The Labute approximate surface area is 202 Å². The zero-order valence-electron chi connectivity index (χ0n) is 19.2. The Bertz CT molecular complexity index is 1400. The fourth-order valence-corrected chi connectivity index (χ4v) is 4.08. The number of carbonyl (C=O) groups excluding carboxylic acids is 2. The van der Waals surface area contributed by atoms with E-state index in [1.807, 2.05) is 36.4 Å². The number of carbonyl (C=O) groups is 2. The number of para-hydroxylation sites is 1. The summed E-state index contributed by atoms with van der Waals surface area (Å²) in [4.78, 5) is 35.9. The van der Waals surface area contributed by atoms with Crippen LogP contribution < -0.4 is 10.6 Å². The number of hydrogen-bond acceptors (Lipinski definition) is 5. The van der Waals surface area contributed by atoms with Crippen LogP contribution in [0.3, 0.4) is 0 Å². The number of fused-ring (bicyclic) bond motifs is 1. The molecule has 2 amide bonds. The molecule has 1 aliphatic rings. The van der Waals surface area contributed by atoms with Crippen molar-refractivity contribution in [3.63, 3.8) is 0 Å². The molecule has 5 rings (SSSR count). The van der Waals surface area contributed by atoms with Gasteiger partial charge >= 0.3 is 0 Å². The lowest BCUT2D eigenvalue weighted by Crippen LogP contribution is -2.60. The molecule has 0 saturated carbocycles. The van der Waals surface area contributed by atoms with Crippen molar-refractivity contribution in [2.75, 3.05) is 18.4 Å². The third kappa shape index (κ3) is 4.68. The third-order valence-corrected chi connectivity index (χ3v) is 5.97.